The Balaban J connectivity index is 2.42. The zero-order valence-corrected chi connectivity index (χ0v) is 13.2. The fourth-order valence-electron chi connectivity index (χ4n) is 1.93. The monoisotopic (exact) mass is 312 g/mol. The van der Waals surface area contributed by atoms with Crippen LogP contribution in [-0.2, 0) is 6.42 Å². The molecule has 1 N–H and O–H groups in total. The molecule has 0 spiro atoms. The lowest BCUT2D eigenvalue weighted by molar-refractivity contribution is 0.798. The van der Waals surface area contributed by atoms with Crippen LogP contribution in [0.2, 0.25) is 10.0 Å². The number of anilines is 1. The van der Waals surface area contributed by atoms with Crippen LogP contribution in [0.15, 0.2) is 18.5 Å². The summed E-state index contributed by atoms with van der Waals surface area (Å²) in [5.41, 5.74) is 0. The summed E-state index contributed by atoms with van der Waals surface area (Å²) in [4.78, 5) is 8.89. The van der Waals surface area contributed by atoms with Crippen LogP contribution in [0.4, 0.5) is 5.82 Å². The van der Waals surface area contributed by atoms with Crippen molar-refractivity contribution in [3.8, 4) is 5.82 Å². The van der Waals surface area contributed by atoms with Gasteiger partial charge in [0.05, 0.1) is 10.0 Å². The fourth-order valence-corrected chi connectivity index (χ4v) is 2.45. The quantitative estimate of drug-likeness (QED) is 0.862. The Bertz CT molecular complexity index is 581. The molecule has 0 fully saturated rings. The molecule has 0 bridgehead atoms. The molecule has 0 amide bonds. The van der Waals surface area contributed by atoms with E-state index in [-0.39, 0.29) is 0 Å². The molecule has 0 unspecified atom stereocenters. The third kappa shape index (κ3) is 3.25. The van der Waals surface area contributed by atoms with Gasteiger partial charge in [0.15, 0.2) is 5.82 Å². The number of nitrogens with one attached hydrogen (secondary N) is 1. The second kappa shape index (κ2) is 6.95. The second-order valence-corrected chi connectivity index (χ2v) is 5.33. The van der Waals surface area contributed by atoms with E-state index < -0.39 is 0 Å². The number of imidazole rings is 1. The summed E-state index contributed by atoms with van der Waals surface area (Å²) >= 11 is 12.4. The molecule has 2 heterocycles. The van der Waals surface area contributed by atoms with Crippen LogP contribution in [0.1, 0.15) is 32.5 Å². The third-order valence-corrected chi connectivity index (χ3v) is 3.44. The van der Waals surface area contributed by atoms with Crippen molar-refractivity contribution in [3.63, 3.8) is 0 Å². The normalized spacial score (nSPS) is 10.8. The molecule has 0 radical (unpaired) electrons. The minimum absolute atomic E-state index is 0.521. The van der Waals surface area contributed by atoms with Crippen LogP contribution < -0.4 is 5.32 Å². The molecule has 2 rings (SSSR count). The number of aryl methyl sites for hydroxylation is 1. The van der Waals surface area contributed by atoms with Crippen LogP contribution in [-0.4, -0.2) is 21.1 Å². The maximum absolute atomic E-state index is 6.28. The van der Waals surface area contributed by atoms with Gasteiger partial charge in [-0.15, -0.1) is 0 Å². The highest BCUT2D eigenvalue weighted by atomic mass is 35.5. The Morgan fingerprint density at radius 2 is 2.00 bits per heavy atom. The Morgan fingerprint density at radius 1 is 1.20 bits per heavy atom. The molecule has 108 valence electrons. The Morgan fingerprint density at radius 3 is 2.70 bits per heavy atom. The number of aromatic nitrogens is 3. The molecule has 0 saturated heterocycles. The van der Waals surface area contributed by atoms with Crippen molar-refractivity contribution in [2.24, 2.45) is 0 Å². The predicted molar refractivity (Wildman–Crippen MR) is 84.2 cm³/mol. The highest BCUT2D eigenvalue weighted by Gasteiger charge is 2.13. The van der Waals surface area contributed by atoms with E-state index in [1.165, 1.54) is 0 Å². The summed E-state index contributed by atoms with van der Waals surface area (Å²) in [6.45, 7) is 5.02. The number of pyridine rings is 1. The van der Waals surface area contributed by atoms with Gasteiger partial charge in [-0.1, -0.05) is 37.0 Å². The van der Waals surface area contributed by atoms with Gasteiger partial charge in [0.1, 0.15) is 11.6 Å². The number of nitrogens with zero attached hydrogens (tertiary/aromatic N) is 3. The van der Waals surface area contributed by atoms with E-state index in [0.29, 0.717) is 21.7 Å². The van der Waals surface area contributed by atoms with E-state index in [1.807, 2.05) is 10.8 Å². The van der Waals surface area contributed by atoms with Gasteiger partial charge in [-0.2, -0.15) is 0 Å². The van der Waals surface area contributed by atoms with Gasteiger partial charge in [-0.25, -0.2) is 9.97 Å². The van der Waals surface area contributed by atoms with Crippen LogP contribution >= 0.6 is 23.2 Å². The number of hydrogen-bond donors (Lipinski definition) is 1. The van der Waals surface area contributed by atoms with Gasteiger partial charge in [-0.05, 0) is 18.9 Å². The van der Waals surface area contributed by atoms with Gasteiger partial charge < -0.3 is 5.32 Å². The second-order valence-electron chi connectivity index (χ2n) is 4.51. The Hall–Kier alpha value is -1.26. The molecule has 0 atom stereocenters. The summed E-state index contributed by atoms with van der Waals surface area (Å²) in [5.74, 6) is 2.27. The number of hydrogen-bond acceptors (Lipinski definition) is 3. The van der Waals surface area contributed by atoms with Gasteiger partial charge in [0.25, 0.3) is 0 Å². The first-order valence-electron chi connectivity index (χ1n) is 6.79. The fraction of sp³-hybridized carbons (Fsp3) is 0.429. The molecule has 0 aliphatic carbocycles. The molecule has 2 aromatic heterocycles. The molecule has 4 nitrogen and oxygen atoms in total. The molecule has 2 aromatic rings. The average molecular weight is 313 g/mol. The first-order valence-corrected chi connectivity index (χ1v) is 7.55. The molecule has 0 saturated carbocycles. The summed E-state index contributed by atoms with van der Waals surface area (Å²) in [5, 5.41) is 4.26. The van der Waals surface area contributed by atoms with Crippen molar-refractivity contribution >= 4 is 29.0 Å². The zero-order valence-electron chi connectivity index (χ0n) is 11.7. The lowest BCUT2D eigenvalue weighted by Gasteiger charge is -2.12. The van der Waals surface area contributed by atoms with E-state index in [2.05, 4.69) is 29.1 Å². The van der Waals surface area contributed by atoms with Crippen molar-refractivity contribution in [1.82, 2.24) is 14.5 Å². The van der Waals surface area contributed by atoms with E-state index in [0.717, 1.165) is 31.6 Å². The Kier molecular flexibility index (Phi) is 5.26. The third-order valence-electron chi connectivity index (χ3n) is 2.87. The number of halogens is 2. The highest BCUT2D eigenvalue weighted by molar-refractivity contribution is 6.36. The Labute approximate surface area is 129 Å². The van der Waals surface area contributed by atoms with Crippen LogP contribution in [0.3, 0.4) is 0 Å². The van der Waals surface area contributed by atoms with Crippen molar-refractivity contribution in [2.45, 2.75) is 33.1 Å². The van der Waals surface area contributed by atoms with Crippen LogP contribution in [0.25, 0.3) is 5.82 Å². The molecule has 0 aromatic carbocycles. The van der Waals surface area contributed by atoms with E-state index in [4.69, 9.17) is 23.2 Å². The molecule has 6 heteroatoms. The van der Waals surface area contributed by atoms with Gasteiger partial charge in [0, 0.05) is 25.4 Å². The summed E-state index contributed by atoms with van der Waals surface area (Å²) in [7, 11) is 0. The van der Waals surface area contributed by atoms with Gasteiger partial charge >= 0.3 is 0 Å². The topological polar surface area (TPSA) is 42.7 Å². The van der Waals surface area contributed by atoms with Crippen LogP contribution in [0.5, 0.6) is 0 Å². The van der Waals surface area contributed by atoms with Crippen LogP contribution in [0, 0.1) is 0 Å². The molecular weight excluding hydrogens is 295 g/mol. The van der Waals surface area contributed by atoms with E-state index in [1.54, 1.807) is 12.3 Å². The number of rotatable bonds is 6. The van der Waals surface area contributed by atoms with E-state index >= 15 is 0 Å². The lowest BCUT2D eigenvalue weighted by atomic mass is 10.3. The average Bonchev–Trinajstić information content (AvgIpc) is 2.86. The zero-order chi connectivity index (χ0) is 14.5. The summed E-state index contributed by atoms with van der Waals surface area (Å²) < 4.78 is 1.92. The molecule has 0 aliphatic heterocycles. The molecular formula is C14H18Cl2N4. The van der Waals surface area contributed by atoms with Crippen molar-refractivity contribution in [2.75, 3.05) is 11.9 Å². The highest BCUT2D eigenvalue weighted by Crippen LogP contribution is 2.29. The predicted octanol–water partition coefficient (Wildman–Crippen LogP) is 4.35. The van der Waals surface area contributed by atoms with Gasteiger partial charge in [-0.3, -0.25) is 4.57 Å². The summed E-state index contributed by atoms with van der Waals surface area (Å²) in [6, 6.07) is 1.72. The maximum atomic E-state index is 6.28. The standard InChI is InChI=1S/C14H18Cl2N4/c1-3-5-12-17-7-8-20(12)14-11(16)9-10(15)13(19-14)18-6-4-2/h7-9H,3-6H2,1-2H3,(H,18,19). The first kappa shape index (κ1) is 15.1. The largest absolute Gasteiger partial charge is 0.369 e. The maximum Gasteiger partial charge on any atom is 0.159 e. The lowest BCUT2D eigenvalue weighted by Crippen LogP contribution is -2.08. The van der Waals surface area contributed by atoms with Crippen molar-refractivity contribution < 1.29 is 0 Å². The molecule has 20 heavy (non-hydrogen) atoms. The van der Waals surface area contributed by atoms with Crippen molar-refractivity contribution in [3.05, 3.63) is 34.3 Å². The smallest absolute Gasteiger partial charge is 0.159 e. The first-order chi connectivity index (χ1) is 9.67. The van der Waals surface area contributed by atoms with E-state index in [9.17, 15) is 0 Å². The molecule has 0 aliphatic rings. The minimum atomic E-state index is 0.521. The SMILES string of the molecule is CCCNc1nc(-n2ccnc2CCC)c(Cl)cc1Cl. The van der Waals surface area contributed by atoms with Crippen molar-refractivity contribution in [1.29, 1.82) is 0 Å². The minimum Gasteiger partial charge on any atom is -0.369 e. The summed E-state index contributed by atoms with van der Waals surface area (Å²) in [6.07, 6.45) is 6.53. The van der Waals surface area contributed by atoms with Gasteiger partial charge in [0.2, 0.25) is 0 Å².